The summed E-state index contributed by atoms with van der Waals surface area (Å²) in [7, 11) is 1.63. The molecule has 1 heterocycles. The van der Waals surface area contributed by atoms with Crippen molar-refractivity contribution in [1.82, 2.24) is 4.90 Å². The van der Waals surface area contributed by atoms with Crippen LogP contribution in [0.4, 0.5) is 5.69 Å². The first-order chi connectivity index (χ1) is 13.6. The Hall–Kier alpha value is -2.24. The maximum Gasteiger partial charge on any atom is 0.161 e. The van der Waals surface area contributed by atoms with Crippen molar-refractivity contribution in [1.29, 1.82) is 0 Å². The Morgan fingerprint density at radius 1 is 0.929 bits per heavy atom. The first-order valence-corrected chi connectivity index (χ1v) is 10.1. The Bertz CT molecular complexity index is 737. The minimum Gasteiger partial charge on any atom is -0.493 e. The molecule has 0 amide bonds. The fourth-order valence-electron chi connectivity index (χ4n) is 3.89. The van der Waals surface area contributed by atoms with Gasteiger partial charge < -0.3 is 19.5 Å². The maximum absolute atomic E-state index is 10.4. The van der Waals surface area contributed by atoms with E-state index >= 15 is 0 Å². The van der Waals surface area contributed by atoms with Crippen LogP contribution in [-0.4, -0.2) is 62.6 Å². The molecule has 0 bridgehead atoms. The molecule has 0 spiro atoms. The molecule has 1 atom stereocenters. The van der Waals surface area contributed by atoms with Gasteiger partial charge >= 0.3 is 0 Å². The van der Waals surface area contributed by atoms with E-state index in [1.807, 2.05) is 24.3 Å². The lowest BCUT2D eigenvalue weighted by Gasteiger charge is -2.38. The third-order valence-corrected chi connectivity index (χ3v) is 5.37. The molecule has 0 aromatic heterocycles. The van der Waals surface area contributed by atoms with E-state index in [1.54, 1.807) is 7.11 Å². The quantitative estimate of drug-likeness (QED) is 0.757. The molecule has 0 radical (unpaired) electrons. The number of para-hydroxylation sites is 3. The topological polar surface area (TPSA) is 45.2 Å². The van der Waals surface area contributed by atoms with Crippen LogP contribution in [0.15, 0.2) is 42.5 Å². The highest BCUT2D eigenvalue weighted by Crippen LogP contribution is 2.27. The number of hydrogen-bond donors (Lipinski definition) is 1. The molecule has 1 unspecified atom stereocenters. The van der Waals surface area contributed by atoms with Crippen LogP contribution in [0.3, 0.4) is 0 Å². The fraction of sp³-hybridized carbons (Fsp3) is 0.478. The van der Waals surface area contributed by atoms with Gasteiger partial charge in [0.1, 0.15) is 0 Å². The summed E-state index contributed by atoms with van der Waals surface area (Å²) in [6.45, 7) is 9.46. The number of aliphatic hydroxyl groups is 1. The Morgan fingerprint density at radius 2 is 1.57 bits per heavy atom. The zero-order valence-electron chi connectivity index (χ0n) is 17.2. The lowest BCUT2D eigenvalue weighted by atomic mass is 10.1. The molecule has 28 heavy (non-hydrogen) atoms. The number of aliphatic hydroxyl groups excluding tert-OH is 1. The minimum atomic E-state index is -0.388. The maximum atomic E-state index is 10.4. The van der Waals surface area contributed by atoms with Gasteiger partial charge in [-0.1, -0.05) is 30.3 Å². The van der Waals surface area contributed by atoms with Gasteiger partial charge in [-0.15, -0.1) is 0 Å². The number of ether oxygens (including phenoxy) is 2. The number of nitrogens with zero attached hydrogens (tertiary/aromatic N) is 2. The predicted molar refractivity (Wildman–Crippen MR) is 114 cm³/mol. The molecule has 2 aromatic rings. The number of hydrogen-bond acceptors (Lipinski definition) is 5. The third-order valence-electron chi connectivity index (χ3n) is 5.37. The zero-order valence-corrected chi connectivity index (χ0v) is 17.2. The standard InChI is InChI=1S/C23H32N2O3/c1-18-7-6-8-19(2)23(18)25-14-12-24(13-15-25)17-20(26)11-16-28-22-10-5-4-9-21(22)27-3/h4-10,20,26H,11-17H2,1-3H3. The van der Waals surface area contributed by atoms with Gasteiger partial charge in [0.25, 0.3) is 0 Å². The van der Waals surface area contributed by atoms with Crippen LogP contribution in [0.2, 0.25) is 0 Å². The fourth-order valence-corrected chi connectivity index (χ4v) is 3.89. The average Bonchev–Trinajstić information content (AvgIpc) is 2.69. The SMILES string of the molecule is COc1ccccc1OCCC(O)CN1CCN(c2c(C)cccc2C)CC1. The molecule has 1 saturated heterocycles. The van der Waals surface area contributed by atoms with Crippen molar-refractivity contribution in [3.05, 3.63) is 53.6 Å². The molecular formula is C23H32N2O3. The van der Waals surface area contributed by atoms with Crippen molar-refractivity contribution in [2.24, 2.45) is 0 Å². The van der Waals surface area contributed by atoms with Crippen molar-refractivity contribution >= 4 is 5.69 Å². The highest BCUT2D eigenvalue weighted by Gasteiger charge is 2.21. The number of anilines is 1. The van der Waals surface area contributed by atoms with E-state index in [2.05, 4.69) is 41.8 Å². The largest absolute Gasteiger partial charge is 0.493 e. The summed E-state index contributed by atoms with van der Waals surface area (Å²) in [4.78, 5) is 4.82. The van der Waals surface area contributed by atoms with Crippen molar-refractivity contribution in [3.8, 4) is 11.5 Å². The Labute approximate surface area is 168 Å². The summed E-state index contributed by atoms with van der Waals surface area (Å²) in [6, 6.07) is 14.1. The zero-order chi connectivity index (χ0) is 19.9. The first-order valence-electron chi connectivity index (χ1n) is 10.1. The summed E-state index contributed by atoms with van der Waals surface area (Å²) in [5.41, 5.74) is 4.04. The molecule has 0 saturated carbocycles. The van der Waals surface area contributed by atoms with E-state index in [0.29, 0.717) is 19.6 Å². The minimum absolute atomic E-state index is 0.388. The first kappa shape index (κ1) is 20.5. The second-order valence-electron chi connectivity index (χ2n) is 7.47. The molecule has 3 rings (SSSR count). The van der Waals surface area contributed by atoms with Crippen LogP contribution in [-0.2, 0) is 0 Å². The molecule has 0 aliphatic carbocycles. The van der Waals surface area contributed by atoms with Gasteiger partial charge in [0.2, 0.25) is 0 Å². The molecule has 1 fully saturated rings. The molecule has 1 aliphatic rings. The van der Waals surface area contributed by atoms with Gasteiger partial charge in [-0.25, -0.2) is 0 Å². The number of methoxy groups -OCH3 is 1. The van der Waals surface area contributed by atoms with Gasteiger partial charge in [-0.2, -0.15) is 0 Å². The molecule has 1 N–H and O–H groups in total. The van der Waals surface area contributed by atoms with Crippen LogP contribution in [0.5, 0.6) is 11.5 Å². The number of aryl methyl sites for hydroxylation is 2. The molecule has 1 aliphatic heterocycles. The Balaban J connectivity index is 1.42. The molecule has 2 aromatic carbocycles. The van der Waals surface area contributed by atoms with Gasteiger partial charge in [-0.3, -0.25) is 4.90 Å². The normalized spacial score (nSPS) is 16.1. The summed E-state index contributed by atoms with van der Waals surface area (Å²) >= 11 is 0. The second kappa shape index (κ2) is 9.80. The lowest BCUT2D eigenvalue weighted by Crippen LogP contribution is -2.49. The number of β-amino-alcohol motifs (C(OH)–C–C–N with tert-alkyl or cyclic N) is 1. The van der Waals surface area contributed by atoms with Crippen molar-refractivity contribution < 1.29 is 14.6 Å². The summed E-state index contributed by atoms with van der Waals surface area (Å²) in [5, 5.41) is 10.4. The molecule has 5 heteroatoms. The van der Waals surface area contributed by atoms with E-state index < -0.39 is 0 Å². The van der Waals surface area contributed by atoms with Gasteiger partial charge in [0.15, 0.2) is 11.5 Å². The van der Waals surface area contributed by atoms with Crippen LogP contribution >= 0.6 is 0 Å². The van der Waals surface area contributed by atoms with E-state index in [-0.39, 0.29) is 6.10 Å². The van der Waals surface area contributed by atoms with E-state index in [4.69, 9.17) is 9.47 Å². The smallest absolute Gasteiger partial charge is 0.161 e. The predicted octanol–water partition coefficient (Wildman–Crippen LogP) is 3.26. The monoisotopic (exact) mass is 384 g/mol. The van der Waals surface area contributed by atoms with Gasteiger partial charge in [0.05, 0.1) is 19.8 Å². The molecule has 5 nitrogen and oxygen atoms in total. The number of benzene rings is 2. The van der Waals surface area contributed by atoms with Crippen LogP contribution in [0, 0.1) is 13.8 Å². The number of rotatable bonds is 8. The highest BCUT2D eigenvalue weighted by molar-refractivity contribution is 5.59. The molecule has 152 valence electrons. The van der Waals surface area contributed by atoms with Crippen molar-refractivity contribution in [2.75, 3.05) is 51.3 Å². The van der Waals surface area contributed by atoms with Crippen molar-refractivity contribution in [3.63, 3.8) is 0 Å². The summed E-state index contributed by atoms with van der Waals surface area (Å²) in [5.74, 6) is 1.44. The Morgan fingerprint density at radius 3 is 2.21 bits per heavy atom. The van der Waals surface area contributed by atoms with Crippen LogP contribution in [0.1, 0.15) is 17.5 Å². The van der Waals surface area contributed by atoms with Crippen LogP contribution in [0.25, 0.3) is 0 Å². The van der Waals surface area contributed by atoms with E-state index in [1.165, 1.54) is 16.8 Å². The lowest BCUT2D eigenvalue weighted by molar-refractivity contribution is 0.0881. The van der Waals surface area contributed by atoms with Gasteiger partial charge in [-0.05, 0) is 37.1 Å². The Kier molecular flexibility index (Phi) is 7.18. The van der Waals surface area contributed by atoms with Crippen LogP contribution < -0.4 is 14.4 Å². The van der Waals surface area contributed by atoms with Gasteiger partial charge in [0, 0.05) is 44.8 Å². The second-order valence-corrected chi connectivity index (χ2v) is 7.47. The summed E-state index contributed by atoms with van der Waals surface area (Å²) in [6.07, 6.45) is 0.219. The number of piperazine rings is 1. The summed E-state index contributed by atoms with van der Waals surface area (Å²) < 4.78 is 11.1. The third kappa shape index (κ3) is 5.18. The highest BCUT2D eigenvalue weighted by atomic mass is 16.5. The van der Waals surface area contributed by atoms with E-state index in [0.717, 1.165) is 37.7 Å². The van der Waals surface area contributed by atoms with E-state index in [9.17, 15) is 5.11 Å². The van der Waals surface area contributed by atoms with Crippen molar-refractivity contribution in [2.45, 2.75) is 26.4 Å². The average molecular weight is 385 g/mol. The molecular weight excluding hydrogens is 352 g/mol.